The number of aliphatic carboxylic acids is 1. The number of carbonyl (C=O) groups is 1. The summed E-state index contributed by atoms with van der Waals surface area (Å²) in [6.45, 7) is -0.763. The number of carboxylic acid groups (broad SMARTS) is 1. The lowest BCUT2D eigenvalue weighted by atomic mass is 10.0. The van der Waals surface area contributed by atoms with E-state index in [1.54, 1.807) is 0 Å². The van der Waals surface area contributed by atoms with E-state index < -0.39 is 56.8 Å². The van der Waals surface area contributed by atoms with E-state index in [0.717, 1.165) is 0 Å². The number of sulfonamides is 1. The van der Waals surface area contributed by atoms with E-state index in [-0.39, 0.29) is 37.6 Å². The molecule has 5 nitrogen and oxygen atoms in total. The fourth-order valence-corrected chi connectivity index (χ4v) is 4.37. The van der Waals surface area contributed by atoms with Crippen LogP contribution in [-0.4, -0.2) is 36.9 Å². The molecule has 0 radical (unpaired) electrons. The van der Waals surface area contributed by atoms with Crippen LogP contribution in [0.3, 0.4) is 0 Å². The number of halogens is 6. The number of hydrogen-bond donors (Lipinski definition) is 1. The largest absolute Gasteiger partial charge is 0.481 e. The summed E-state index contributed by atoms with van der Waals surface area (Å²) in [5.41, 5.74) is -3.57. The summed E-state index contributed by atoms with van der Waals surface area (Å²) >= 11 is 0. The van der Waals surface area contributed by atoms with E-state index in [1.165, 1.54) is 0 Å². The molecule has 2 rings (SSSR count). The van der Waals surface area contributed by atoms with Gasteiger partial charge < -0.3 is 5.11 Å². The van der Waals surface area contributed by atoms with Gasteiger partial charge in [-0.15, -0.1) is 0 Å². The first-order valence-corrected chi connectivity index (χ1v) is 8.70. The lowest BCUT2D eigenvalue weighted by Crippen LogP contribution is -2.42. The standard InChI is InChI=1S/C14H13F6NO4S/c15-13(16,17)9-3-4-11(10(6-9)14(18,19)20)26(24,25)21-5-1-2-8(7-21)12(22)23/h3-4,6,8H,1-2,5,7H2,(H,22,23)/t8-/m0/s1. The third-order valence-corrected chi connectivity index (χ3v) is 5.89. The van der Waals surface area contributed by atoms with Crippen LogP contribution in [0.1, 0.15) is 24.0 Å². The Morgan fingerprint density at radius 1 is 1.12 bits per heavy atom. The van der Waals surface area contributed by atoms with Gasteiger partial charge in [0.25, 0.3) is 0 Å². The Bertz CT molecular complexity index is 803. The van der Waals surface area contributed by atoms with Crippen molar-refractivity contribution < 1.29 is 44.7 Å². The molecule has 1 heterocycles. The van der Waals surface area contributed by atoms with Crippen LogP contribution < -0.4 is 0 Å². The van der Waals surface area contributed by atoms with Gasteiger partial charge in [0.05, 0.1) is 21.9 Å². The molecular weight excluding hydrogens is 392 g/mol. The summed E-state index contributed by atoms with van der Waals surface area (Å²) in [6, 6.07) is 0.248. The SMILES string of the molecule is O=C(O)[C@H]1CCCN(S(=O)(=O)c2ccc(C(F)(F)F)cc2C(F)(F)F)C1. The number of nitrogens with zero attached hydrogens (tertiary/aromatic N) is 1. The van der Waals surface area contributed by atoms with E-state index in [1.807, 2.05) is 0 Å². The van der Waals surface area contributed by atoms with Crippen LogP contribution in [-0.2, 0) is 27.2 Å². The second-order valence-electron chi connectivity index (χ2n) is 5.75. The predicted molar refractivity (Wildman–Crippen MR) is 75.6 cm³/mol. The molecule has 1 aromatic rings. The van der Waals surface area contributed by atoms with Crippen LogP contribution in [0.5, 0.6) is 0 Å². The summed E-state index contributed by atoms with van der Waals surface area (Å²) in [4.78, 5) is 9.69. The maximum atomic E-state index is 13.2. The first-order chi connectivity index (χ1) is 11.7. The molecule has 0 aromatic heterocycles. The third-order valence-electron chi connectivity index (χ3n) is 3.96. The second kappa shape index (κ2) is 6.72. The molecule has 1 fully saturated rings. The van der Waals surface area contributed by atoms with Crippen molar-refractivity contribution in [3.05, 3.63) is 29.3 Å². The van der Waals surface area contributed by atoms with Gasteiger partial charge >= 0.3 is 18.3 Å². The molecule has 1 N–H and O–H groups in total. The molecule has 26 heavy (non-hydrogen) atoms. The van der Waals surface area contributed by atoms with Gasteiger partial charge in [0.1, 0.15) is 0 Å². The van der Waals surface area contributed by atoms with Gasteiger partial charge in [0.15, 0.2) is 0 Å². The minimum absolute atomic E-state index is 0.109. The molecule has 1 atom stereocenters. The molecular formula is C14H13F6NO4S. The maximum Gasteiger partial charge on any atom is 0.417 e. The molecule has 1 aliphatic heterocycles. The Morgan fingerprint density at radius 2 is 1.73 bits per heavy atom. The van der Waals surface area contributed by atoms with Gasteiger partial charge in [-0.1, -0.05) is 0 Å². The van der Waals surface area contributed by atoms with Crippen LogP contribution in [0.25, 0.3) is 0 Å². The van der Waals surface area contributed by atoms with E-state index in [9.17, 15) is 39.6 Å². The molecule has 0 saturated carbocycles. The van der Waals surface area contributed by atoms with Gasteiger partial charge in [-0.25, -0.2) is 8.42 Å². The molecule has 146 valence electrons. The Morgan fingerprint density at radius 3 is 2.23 bits per heavy atom. The molecule has 0 amide bonds. The number of rotatable bonds is 3. The van der Waals surface area contributed by atoms with Crippen LogP contribution in [0.15, 0.2) is 23.1 Å². The number of carboxylic acids is 1. The van der Waals surface area contributed by atoms with Crippen molar-refractivity contribution in [1.82, 2.24) is 4.31 Å². The zero-order valence-electron chi connectivity index (χ0n) is 12.9. The average molecular weight is 405 g/mol. The highest BCUT2D eigenvalue weighted by Crippen LogP contribution is 2.40. The van der Waals surface area contributed by atoms with Crippen molar-refractivity contribution in [2.45, 2.75) is 30.1 Å². The third kappa shape index (κ3) is 4.11. The van der Waals surface area contributed by atoms with Gasteiger partial charge in [-0.05, 0) is 31.0 Å². The van der Waals surface area contributed by atoms with Gasteiger partial charge in [0.2, 0.25) is 10.0 Å². The quantitative estimate of drug-likeness (QED) is 0.784. The van der Waals surface area contributed by atoms with Gasteiger partial charge in [-0.2, -0.15) is 30.6 Å². The molecule has 12 heteroatoms. The van der Waals surface area contributed by atoms with Crippen LogP contribution in [0, 0.1) is 5.92 Å². The lowest BCUT2D eigenvalue weighted by molar-refractivity contribution is -0.145. The Kier molecular flexibility index (Phi) is 5.30. The average Bonchev–Trinajstić information content (AvgIpc) is 2.52. The lowest BCUT2D eigenvalue weighted by Gasteiger charge is -2.30. The van der Waals surface area contributed by atoms with E-state index in [4.69, 9.17) is 5.11 Å². The number of alkyl halides is 6. The van der Waals surface area contributed by atoms with Crippen LogP contribution in [0.2, 0.25) is 0 Å². The fourth-order valence-electron chi connectivity index (χ4n) is 2.65. The van der Waals surface area contributed by atoms with Gasteiger partial charge in [0, 0.05) is 13.1 Å². The summed E-state index contributed by atoms with van der Waals surface area (Å²) < 4.78 is 103. The highest BCUT2D eigenvalue weighted by atomic mass is 32.2. The topological polar surface area (TPSA) is 74.7 Å². The molecule has 1 aliphatic rings. The van der Waals surface area contributed by atoms with Crippen LogP contribution >= 0.6 is 0 Å². The summed E-state index contributed by atoms with van der Waals surface area (Å²) in [6.07, 6.45) is -10.2. The highest BCUT2D eigenvalue weighted by Gasteiger charge is 2.43. The van der Waals surface area contributed by atoms with Crippen molar-refractivity contribution in [3.63, 3.8) is 0 Å². The number of hydrogen-bond acceptors (Lipinski definition) is 3. The normalized spacial score (nSPS) is 20.2. The highest BCUT2D eigenvalue weighted by molar-refractivity contribution is 7.89. The minimum Gasteiger partial charge on any atom is -0.481 e. The van der Waals surface area contributed by atoms with Crippen molar-refractivity contribution in [3.8, 4) is 0 Å². The number of benzene rings is 1. The molecule has 0 bridgehead atoms. The molecule has 0 spiro atoms. The number of piperidine rings is 1. The molecule has 0 unspecified atom stereocenters. The van der Waals surface area contributed by atoms with E-state index in [2.05, 4.69) is 0 Å². The molecule has 0 aliphatic carbocycles. The smallest absolute Gasteiger partial charge is 0.417 e. The Hall–Kier alpha value is -1.82. The van der Waals surface area contributed by atoms with Crippen molar-refractivity contribution in [2.24, 2.45) is 5.92 Å². The summed E-state index contributed by atoms with van der Waals surface area (Å²) in [7, 11) is -4.82. The summed E-state index contributed by atoms with van der Waals surface area (Å²) in [5, 5.41) is 8.98. The first-order valence-electron chi connectivity index (χ1n) is 7.26. The van der Waals surface area contributed by atoms with Gasteiger partial charge in [-0.3, -0.25) is 4.79 Å². The zero-order chi connectivity index (χ0) is 19.9. The first kappa shape index (κ1) is 20.5. The van der Waals surface area contributed by atoms with Crippen molar-refractivity contribution in [2.75, 3.05) is 13.1 Å². The Labute approximate surface area is 144 Å². The molecule has 1 saturated heterocycles. The Balaban J connectivity index is 2.53. The van der Waals surface area contributed by atoms with Crippen molar-refractivity contribution >= 4 is 16.0 Å². The summed E-state index contributed by atoms with van der Waals surface area (Å²) in [5.74, 6) is -2.39. The second-order valence-corrected chi connectivity index (χ2v) is 7.65. The minimum atomic E-state index is -5.34. The maximum absolute atomic E-state index is 13.2. The fraction of sp³-hybridized carbons (Fsp3) is 0.500. The molecule has 1 aromatic carbocycles. The van der Waals surface area contributed by atoms with E-state index in [0.29, 0.717) is 4.31 Å². The zero-order valence-corrected chi connectivity index (χ0v) is 13.7. The van der Waals surface area contributed by atoms with Crippen LogP contribution in [0.4, 0.5) is 26.3 Å². The van der Waals surface area contributed by atoms with Crippen molar-refractivity contribution in [1.29, 1.82) is 0 Å². The van der Waals surface area contributed by atoms with E-state index >= 15 is 0 Å². The monoisotopic (exact) mass is 405 g/mol. The predicted octanol–water partition coefficient (Wildman–Crippen LogP) is 3.21.